The van der Waals surface area contributed by atoms with Gasteiger partial charge in [0.05, 0.1) is 5.69 Å². The van der Waals surface area contributed by atoms with Crippen molar-refractivity contribution in [3.8, 4) is 5.69 Å². The summed E-state index contributed by atoms with van der Waals surface area (Å²) in [5.41, 5.74) is 0.885. The van der Waals surface area contributed by atoms with E-state index in [0.29, 0.717) is 18.9 Å². The van der Waals surface area contributed by atoms with Crippen LogP contribution in [0.3, 0.4) is 0 Å². The molecule has 0 atom stereocenters. The van der Waals surface area contributed by atoms with E-state index >= 15 is 0 Å². The van der Waals surface area contributed by atoms with Crippen LogP contribution in [0.1, 0.15) is 19.3 Å². The van der Waals surface area contributed by atoms with Gasteiger partial charge in [-0.25, -0.2) is 0 Å². The van der Waals surface area contributed by atoms with Crippen molar-refractivity contribution in [3.63, 3.8) is 0 Å². The number of tetrazole rings is 1. The smallest absolute Gasteiger partial charge is 0.247 e. The highest BCUT2D eigenvalue weighted by molar-refractivity contribution is 5.76. The van der Waals surface area contributed by atoms with Crippen molar-refractivity contribution in [1.29, 1.82) is 0 Å². The lowest BCUT2D eigenvalue weighted by Gasteiger charge is -2.15. The molecule has 1 amide bonds. The molecule has 7 heteroatoms. The van der Waals surface area contributed by atoms with Crippen LogP contribution in [0, 0.1) is 0 Å². The molecule has 1 aromatic carbocycles. The van der Waals surface area contributed by atoms with Crippen molar-refractivity contribution in [2.75, 3.05) is 25.0 Å². The maximum atomic E-state index is 12.0. The first-order valence-electron chi connectivity index (χ1n) is 7.20. The van der Waals surface area contributed by atoms with Gasteiger partial charge >= 0.3 is 0 Å². The number of likely N-dealkylation sites (tertiary alicyclic amines) is 1. The molecule has 0 spiro atoms. The highest BCUT2D eigenvalue weighted by atomic mass is 16.2. The molecule has 1 fully saturated rings. The zero-order chi connectivity index (χ0) is 14.5. The molecule has 3 rings (SSSR count). The number of anilines is 1. The van der Waals surface area contributed by atoms with E-state index in [4.69, 9.17) is 0 Å². The van der Waals surface area contributed by atoms with E-state index in [1.807, 2.05) is 35.2 Å². The number of nitrogens with zero attached hydrogens (tertiary/aromatic N) is 5. The minimum Gasteiger partial charge on any atom is -0.352 e. The molecule has 110 valence electrons. The average molecular weight is 286 g/mol. The number of aromatic nitrogens is 4. The van der Waals surface area contributed by atoms with E-state index in [1.165, 1.54) is 0 Å². The van der Waals surface area contributed by atoms with Crippen LogP contribution in [0.2, 0.25) is 0 Å². The lowest BCUT2D eigenvalue weighted by atomic mass is 10.3. The van der Waals surface area contributed by atoms with Gasteiger partial charge in [0.15, 0.2) is 0 Å². The SMILES string of the molecule is O=C(CCNc1nnnn1-c1ccccc1)N1CCCC1. The first-order chi connectivity index (χ1) is 10.3. The van der Waals surface area contributed by atoms with E-state index < -0.39 is 0 Å². The molecular formula is C14H18N6O. The minimum absolute atomic E-state index is 0.193. The summed E-state index contributed by atoms with van der Waals surface area (Å²) < 4.78 is 1.63. The third kappa shape index (κ3) is 3.18. The maximum absolute atomic E-state index is 12.0. The number of para-hydroxylation sites is 1. The molecular weight excluding hydrogens is 268 g/mol. The fraction of sp³-hybridized carbons (Fsp3) is 0.429. The Morgan fingerprint density at radius 2 is 1.95 bits per heavy atom. The highest BCUT2D eigenvalue weighted by Gasteiger charge is 2.17. The van der Waals surface area contributed by atoms with Gasteiger partial charge in [-0.3, -0.25) is 4.79 Å². The molecule has 0 unspecified atom stereocenters. The molecule has 0 radical (unpaired) electrons. The number of hydrogen-bond donors (Lipinski definition) is 1. The predicted molar refractivity (Wildman–Crippen MR) is 78.1 cm³/mol. The van der Waals surface area contributed by atoms with Crippen molar-refractivity contribution < 1.29 is 4.79 Å². The van der Waals surface area contributed by atoms with Crippen LogP contribution in [0.4, 0.5) is 5.95 Å². The van der Waals surface area contributed by atoms with Crippen molar-refractivity contribution in [2.45, 2.75) is 19.3 Å². The second-order valence-corrected chi connectivity index (χ2v) is 5.01. The lowest BCUT2D eigenvalue weighted by Crippen LogP contribution is -2.29. The summed E-state index contributed by atoms with van der Waals surface area (Å²) >= 11 is 0. The third-order valence-corrected chi connectivity index (χ3v) is 3.55. The van der Waals surface area contributed by atoms with E-state index in [-0.39, 0.29) is 5.91 Å². The topological polar surface area (TPSA) is 75.9 Å². The van der Waals surface area contributed by atoms with Gasteiger partial charge in [0.25, 0.3) is 0 Å². The summed E-state index contributed by atoms with van der Waals surface area (Å²) in [6, 6.07) is 9.65. The lowest BCUT2D eigenvalue weighted by molar-refractivity contribution is -0.129. The molecule has 1 aromatic heterocycles. The van der Waals surface area contributed by atoms with Crippen LogP contribution >= 0.6 is 0 Å². The van der Waals surface area contributed by atoms with Gasteiger partial charge in [-0.1, -0.05) is 23.3 Å². The van der Waals surface area contributed by atoms with E-state index in [9.17, 15) is 4.79 Å². The van der Waals surface area contributed by atoms with Crippen molar-refractivity contribution in [1.82, 2.24) is 25.1 Å². The fourth-order valence-electron chi connectivity index (χ4n) is 2.45. The fourth-order valence-corrected chi connectivity index (χ4v) is 2.45. The van der Waals surface area contributed by atoms with E-state index in [2.05, 4.69) is 20.8 Å². The first kappa shape index (κ1) is 13.5. The Labute approximate surface area is 122 Å². The third-order valence-electron chi connectivity index (χ3n) is 3.55. The molecule has 2 heterocycles. The van der Waals surface area contributed by atoms with Gasteiger partial charge in [0.2, 0.25) is 11.9 Å². The van der Waals surface area contributed by atoms with Crippen LogP contribution < -0.4 is 5.32 Å². The molecule has 1 aliphatic rings. The molecule has 21 heavy (non-hydrogen) atoms. The zero-order valence-corrected chi connectivity index (χ0v) is 11.8. The summed E-state index contributed by atoms with van der Waals surface area (Å²) in [5, 5.41) is 14.7. The van der Waals surface area contributed by atoms with Gasteiger partial charge in [0.1, 0.15) is 0 Å². The predicted octanol–water partition coefficient (Wildman–Crippen LogP) is 1.09. The Morgan fingerprint density at radius 1 is 1.19 bits per heavy atom. The van der Waals surface area contributed by atoms with Crippen LogP contribution in [-0.4, -0.2) is 50.6 Å². The zero-order valence-electron chi connectivity index (χ0n) is 11.8. The summed E-state index contributed by atoms with van der Waals surface area (Å²) in [6.07, 6.45) is 2.69. The Bertz CT molecular complexity index is 591. The van der Waals surface area contributed by atoms with Gasteiger partial charge in [0, 0.05) is 26.1 Å². The number of nitrogens with one attached hydrogen (secondary N) is 1. The maximum Gasteiger partial charge on any atom is 0.247 e. The summed E-state index contributed by atoms with van der Waals surface area (Å²) in [7, 11) is 0. The first-order valence-corrected chi connectivity index (χ1v) is 7.20. The van der Waals surface area contributed by atoms with Crippen LogP contribution in [0.25, 0.3) is 5.69 Å². The van der Waals surface area contributed by atoms with Crippen LogP contribution in [0.5, 0.6) is 0 Å². The number of carbonyl (C=O) groups is 1. The van der Waals surface area contributed by atoms with Crippen molar-refractivity contribution in [3.05, 3.63) is 30.3 Å². The molecule has 0 saturated carbocycles. The van der Waals surface area contributed by atoms with E-state index in [0.717, 1.165) is 31.6 Å². The number of benzene rings is 1. The second-order valence-electron chi connectivity index (χ2n) is 5.01. The summed E-state index contributed by atoms with van der Waals surface area (Å²) in [5.74, 6) is 0.745. The minimum atomic E-state index is 0.193. The molecule has 0 bridgehead atoms. The normalized spacial score (nSPS) is 14.4. The molecule has 0 aliphatic carbocycles. The monoisotopic (exact) mass is 286 g/mol. The average Bonchev–Trinajstić information content (AvgIpc) is 3.20. The molecule has 1 saturated heterocycles. The number of hydrogen-bond acceptors (Lipinski definition) is 5. The Balaban J connectivity index is 1.56. The second kappa shape index (κ2) is 6.34. The summed E-state index contributed by atoms with van der Waals surface area (Å²) in [6.45, 7) is 2.31. The molecule has 2 aromatic rings. The largest absolute Gasteiger partial charge is 0.352 e. The number of carbonyl (C=O) groups excluding carboxylic acids is 1. The van der Waals surface area contributed by atoms with Gasteiger partial charge in [-0.15, -0.1) is 0 Å². The van der Waals surface area contributed by atoms with E-state index in [1.54, 1.807) is 4.68 Å². The van der Waals surface area contributed by atoms with Gasteiger partial charge < -0.3 is 10.2 Å². The summed E-state index contributed by atoms with van der Waals surface area (Å²) in [4.78, 5) is 13.9. The van der Waals surface area contributed by atoms with Gasteiger partial charge in [-0.2, -0.15) is 4.68 Å². The molecule has 1 aliphatic heterocycles. The Morgan fingerprint density at radius 3 is 2.71 bits per heavy atom. The molecule has 1 N–H and O–H groups in total. The van der Waals surface area contributed by atoms with Crippen molar-refractivity contribution >= 4 is 11.9 Å². The number of amides is 1. The van der Waals surface area contributed by atoms with Crippen molar-refractivity contribution in [2.24, 2.45) is 0 Å². The van der Waals surface area contributed by atoms with Crippen LogP contribution in [-0.2, 0) is 4.79 Å². The highest BCUT2D eigenvalue weighted by Crippen LogP contribution is 2.11. The van der Waals surface area contributed by atoms with Gasteiger partial charge in [-0.05, 0) is 35.4 Å². The standard InChI is InChI=1S/C14H18N6O/c21-13(19-10-4-5-11-19)8-9-15-14-16-17-18-20(14)12-6-2-1-3-7-12/h1-3,6-7H,4-5,8-11H2,(H,15,16,18). The Kier molecular flexibility index (Phi) is 4.09. The quantitative estimate of drug-likeness (QED) is 0.890. The Hall–Kier alpha value is -2.44. The number of rotatable bonds is 5. The van der Waals surface area contributed by atoms with Crippen LogP contribution in [0.15, 0.2) is 30.3 Å². The molecule has 7 nitrogen and oxygen atoms in total.